The molecule has 6 atom stereocenters. The van der Waals surface area contributed by atoms with Crippen LogP contribution in [0, 0.1) is 0 Å². The zero-order valence-corrected chi connectivity index (χ0v) is 16.3. The molecule has 0 amide bonds. The molecule has 2 heterocycles. The van der Waals surface area contributed by atoms with Gasteiger partial charge >= 0.3 is 6.18 Å². The second-order valence-corrected chi connectivity index (χ2v) is 7.94. The Bertz CT molecular complexity index is 733. The first-order valence-corrected chi connectivity index (χ1v) is 9.52. The summed E-state index contributed by atoms with van der Waals surface area (Å²) in [5, 5.41) is 29.7. The van der Waals surface area contributed by atoms with Gasteiger partial charge in [0.1, 0.15) is 29.8 Å². The van der Waals surface area contributed by atoms with Crippen molar-refractivity contribution in [2.75, 3.05) is 14.1 Å². The lowest BCUT2D eigenvalue weighted by Gasteiger charge is -2.41. The maximum absolute atomic E-state index is 13.7. The van der Waals surface area contributed by atoms with Crippen LogP contribution in [0.5, 0.6) is 5.75 Å². The molecule has 3 rings (SSSR count). The molecule has 0 bridgehead atoms. The SMILES string of the molecule is CN(C)C1=N[C@@H]2[C@@H](O)[C@H](O)[C@@H]([C@@H](OCc3ccc(OO)cc3)C(F)(F)F)O[C@@H]2S1. The third kappa shape index (κ3) is 4.78. The Labute approximate surface area is 168 Å². The van der Waals surface area contributed by atoms with Crippen LogP contribution in [0.15, 0.2) is 29.3 Å². The lowest BCUT2D eigenvalue weighted by molar-refractivity contribution is -0.286. The number of ether oxygens (including phenoxy) is 2. The summed E-state index contributed by atoms with van der Waals surface area (Å²) in [5.74, 6) is 0.122. The molecule has 0 saturated carbocycles. The largest absolute Gasteiger partial charge is 0.417 e. The molecule has 0 aromatic heterocycles. The monoisotopic (exact) mass is 438 g/mol. The Morgan fingerprint density at radius 1 is 1.21 bits per heavy atom. The molecule has 0 spiro atoms. The summed E-state index contributed by atoms with van der Waals surface area (Å²) in [6, 6.07) is 4.69. The quantitative estimate of drug-likeness (QED) is 0.469. The molecular formula is C17H21F3N2O6S. The number of halogens is 3. The summed E-state index contributed by atoms with van der Waals surface area (Å²) in [5.41, 5.74) is -0.484. The summed E-state index contributed by atoms with van der Waals surface area (Å²) >= 11 is 1.08. The standard InChI is InChI=1S/C17H21F3N2O6S/c1-22(2)16-21-10-11(23)12(24)13(27-15(10)29-16)14(17(18,19)20)26-7-8-3-5-9(28-25)6-4-8/h3-6,10-15,23-25H,7H2,1-2H3/t10-,11-,12+,13+,14-,15-/m1/s1. The van der Waals surface area contributed by atoms with Crippen LogP contribution >= 0.6 is 11.8 Å². The average molecular weight is 438 g/mol. The van der Waals surface area contributed by atoms with Crippen molar-refractivity contribution in [3.05, 3.63) is 29.8 Å². The van der Waals surface area contributed by atoms with Crippen LogP contribution in [0.4, 0.5) is 13.2 Å². The molecule has 0 unspecified atom stereocenters. The summed E-state index contributed by atoms with van der Waals surface area (Å²) in [4.78, 5) is 9.89. The summed E-state index contributed by atoms with van der Waals surface area (Å²) in [6.45, 7) is -0.431. The van der Waals surface area contributed by atoms with Crippen molar-refractivity contribution in [2.45, 2.75) is 48.7 Å². The van der Waals surface area contributed by atoms with E-state index in [1.165, 1.54) is 24.3 Å². The van der Waals surface area contributed by atoms with Gasteiger partial charge in [-0.15, -0.1) is 0 Å². The van der Waals surface area contributed by atoms with E-state index in [1.807, 2.05) is 0 Å². The lowest BCUT2D eigenvalue weighted by Crippen LogP contribution is -2.61. The van der Waals surface area contributed by atoms with Crippen LogP contribution in [0.3, 0.4) is 0 Å². The number of rotatable bonds is 5. The second-order valence-electron chi connectivity index (χ2n) is 6.87. The van der Waals surface area contributed by atoms with Gasteiger partial charge in [0.15, 0.2) is 17.0 Å². The van der Waals surface area contributed by atoms with E-state index in [2.05, 4.69) is 9.88 Å². The van der Waals surface area contributed by atoms with Crippen molar-refractivity contribution in [3.8, 4) is 5.75 Å². The Balaban J connectivity index is 1.75. The molecule has 8 nitrogen and oxygen atoms in total. The van der Waals surface area contributed by atoms with Crippen molar-refractivity contribution in [2.24, 2.45) is 4.99 Å². The molecule has 2 aliphatic heterocycles. The molecule has 162 valence electrons. The number of fused-ring (bicyclic) bond motifs is 1. The Hall–Kier alpha value is -1.57. The third-order valence-corrected chi connectivity index (χ3v) is 5.85. The number of aliphatic imine (C=N–C) groups is 1. The number of amidine groups is 1. The normalized spacial score (nSPS) is 30.5. The molecule has 1 fully saturated rings. The number of benzene rings is 1. The Morgan fingerprint density at radius 3 is 2.41 bits per heavy atom. The summed E-state index contributed by atoms with van der Waals surface area (Å²) in [6.07, 6.45) is -12.5. The van der Waals surface area contributed by atoms with Crippen LogP contribution in [0.25, 0.3) is 0 Å². The van der Waals surface area contributed by atoms with Gasteiger partial charge in [0.2, 0.25) is 0 Å². The van der Waals surface area contributed by atoms with Gasteiger partial charge in [-0.1, -0.05) is 23.9 Å². The fourth-order valence-electron chi connectivity index (χ4n) is 3.05. The van der Waals surface area contributed by atoms with Gasteiger partial charge in [-0.25, -0.2) is 5.26 Å². The minimum atomic E-state index is -4.85. The maximum atomic E-state index is 13.7. The summed E-state index contributed by atoms with van der Waals surface area (Å²) < 4.78 is 51.6. The maximum Gasteiger partial charge on any atom is 0.417 e. The number of nitrogens with zero attached hydrogens (tertiary/aromatic N) is 2. The van der Waals surface area contributed by atoms with Crippen LogP contribution < -0.4 is 4.89 Å². The molecule has 1 saturated heterocycles. The van der Waals surface area contributed by atoms with E-state index >= 15 is 0 Å². The predicted molar refractivity (Wildman–Crippen MR) is 97.5 cm³/mol. The lowest BCUT2D eigenvalue weighted by atomic mass is 9.94. The van der Waals surface area contributed by atoms with Crippen LogP contribution in [-0.4, -0.2) is 81.7 Å². The van der Waals surface area contributed by atoms with Gasteiger partial charge in [-0.2, -0.15) is 13.2 Å². The topological polar surface area (TPSA) is 104 Å². The first kappa shape index (κ1) is 22.1. The number of thioether (sulfide) groups is 1. The third-order valence-electron chi connectivity index (χ3n) is 4.55. The fourth-order valence-corrected chi connectivity index (χ4v) is 4.20. The number of alkyl halides is 3. The molecule has 0 aliphatic carbocycles. The first-order chi connectivity index (χ1) is 13.6. The number of hydrogen-bond acceptors (Lipinski definition) is 9. The van der Waals surface area contributed by atoms with Crippen LogP contribution in [0.1, 0.15) is 5.56 Å². The molecule has 29 heavy (non-hydrogen) atoms. The van der Waals surface area contributed by atoms with E-state index in [9.17, 15) is 23.4 Å². The van der Waals surface area contributed by atoms with E-state index in [4.69, 9.17) is 14.7 Å². The number of aliphatic hydroxyl groups excluding tert-OH is 2. The molecular weight excluding hydrogens is 417 g/mol. The minimum Gasteiger partial charge on any atom is -0.388 e. The molecule has 1 aromatic carbocycles. The predicted octanol–water partition coefficient (Wildman–Crippen LogP) is 1.47. The van der Waals surface area contributed by atoms with Crippen LogP contribution in [0.2, 0.25) is 0 Å². The second kappa shape index (κ2) is 8.66. The number of hydrogen-bond donors (Lipinski definition) is 3. The van der Waals surface area contributed by atoms with Crippen molar-refractivity contribution < 1.29 is 43.0 Å². The Kier molecular flexibility index (Phi) is 6.61. The molecule has 2 aliphatic rings. The fraction of sp³-hybridized carbons (Fsp3) is 0.588. The van der Waals surface area contributed by atoms with Crippen molar-refractivity contribution in [1.29, 1.82) is 0 Å². The van der Waals surface area contributed by atoms with E-state index < -0.39 is 48.7 Å². The van der Waals surface area contributed by atoms with E-state index in [0.29, 0.717) is 10.7 Å². The highest BCUT2D eigenvalue weighted by Gasteiger charge is 2.57. The van der Waals surface area contributed by atoms with Gasteiger partial charge in [0.25, 0.3) is 0 Å². The van der Waals surface area contributed by atoms with E-state index in [-0.39, 0.29) is 5.75 Å². The smallest absolute Gasteiger partial charge is 0.388 e. The highest BCUT2D eigenvalue weighted by molar-refractivity contribution is 8.14. The van der Waals surface area contributed by atoms with Gasteiger partial charge in [0, 0.05) is 14.1 Å². The van der Waals surface area contributed by atoms with Crippen molar-refractivity contribution in [1.82, 2.24) is 4.90 Å². The molecule has 12 heteroatoms. The zero-order chi connectivity index (χ0) is 21.3. The molecule has 0 radical (unpaired) electrons. The van der Waals surface area contributed by atoms with Gasteiger partial charge in [-0.05, 0) is 17.7 Å². The van der Waals surface area contributed by atoms with Gasteiger partial charge in [0.05, 0.1) is 6.61 Å². The minimum absolute atomic E-state index is 0.122. The van der Waals surface area contributed by atoms with E-state index in [1.54, 1.807) is 19.0 Å². The van der Waals surface area contributed by atoms with Gasteiger partial charge in [-0.3, -0.25) is 4.99 Å². The molecule has 3 N–H and O–H groups in total. The first-order valence-electron chi connectivity index (χ1n) is 8.64. The van der Waals surface area contributed by atoms with Crippen LogP contribution in [-0.2, 0) is 16.1 Å². The van der Waals surface area contributed by atoms with Gasteiger partial charge < -0.3 is 29.5 Å². The molecule has 1 aromatic rings. The van der Waals surface area contributed by atoms with Crippen molar-refractivity contribution in [3.63, 3.8) is 0 Å². The number of aliphatic hydroxyl groups is 2. The highest BCUT2D eigenvalue weighted by atomic mass is 32.2. The van der Waals surface area contributed by atoms with Crippen molar-refractivity contribution >= 4 is 16.9 Å². The Morgan fingerprint density at radius 2 is 1.86 bits per heavy atom. The average Bonchev–Trinajstić information content (AvgIpc) is 3.10. The zero-order valence-electron chi connectivity index (χ0n) is 15.5. The summed E-state index contributed by atoms with van der Waals surface area (Å²) in [7, 11) is 3.41. The highest BCUT2D eigenvalue weighted by Crippen LogP contribution is 2.41. The van der Waals surface area contributed by atoms with E-state index in [0.717, 1.165) is 11.8 Å².